The number of hydrogen-bond donors (Lipinski definition) is 1. The van der Waals surface area contributed by atoms with Gasteiger partial charge in [-0.05, 0) is 6.92 Å². The van der Waals surface area contributed by atoms with E-state index in [0.29, 0.717) is 5.89 Å². The maximum atomic E-state index is 11.3. The first-order chi connectivity index (χ1) is 8.02. The molecule has 7 heteroatoms. The number of thioether (sulfide) groups is 1. The summed E-state index contributed by atoms with van der Waals surface area (Å²) < 4.78 is 30.6. The Bertz CT molecular complexity index is 498. The minimum absolute atomic E-state index is 0.419. The molecule has 1 atom stereocenters. The summed E-state index contributed by atoms with van der Waals surface area (Å²) >= 11 is 1.80. The lowest BCUT2D eigenvalue weighted by atomic mass is 10.3. The molecule has 94 valence electrons. The summed E-state index contributed by atoms with van der Waals surface area (Å²) in [7, 11) is -3.46. The molecule has 1 aliphatic heterocycles. The molecular formula is C10H14N2O3S2. The molecule has 1 unspecified atom stereocenters. The van der Waals surface area contributed by atoms with E-state index < -0.39 is 16.1 Å². The fourth-order valence-corrected chi connectivity index (χ4v) is 3.16. The molecule has 0 aliphatic carbocycles. The van der Waals surface area contributed by atoms with Crippen molar-refractivity contribution < 1.29 is 12.8 Å². The van der Waals surface area contributed by atoms with Crippen molar-refractivity contribution in [1.82, 2.24) is 9.71 Å². The van der Waals surface area contributed by atoms with E-state index in [1.807, 2.05) is 0 Å². The molecule has 1 aromatic heterocycles. The molecule has 0 saturated heterocycles. The van der Waals surface area contributed by atoms with E-state index in [2.05, 4.69) is 16.3 Å². The van der Waals surface area contributed by atoms with Gasteiger partial charge in [0.05, 0.1) is 11.7 Å². The molecule has 17 heavy (non-hydrogen) atoms. The fraction of sp³-hybridized carbons (Fsp3) is 0.500. The number of oxazole rings is 1. The molecule has 2 rings (SSSR count). The van der Waals surface area contributed by atoms with E-state index in [-0.39, 0.29) is 0 Å². The number of rotatable bonds is 4. The van der Waals surface area contributed by atoms with Gasteiger partial charge in [-0.3, -0.25) is 0 Å². The first kappa shape index (κ1) is 12.7. The van der Waals surface area contributed by atoms with Crippen molar-refractivity contribution in [2.75, 3.05) is 5.75 Å². The van der Waals surface area contributed by atoms with Crippen LogP contribution in [0.2, 0.25) is 0 Å². The summed E-state index contributed by atoms with van der Waals surface area (Å²) in [6, 6.07) is -0.478. The van der Waals surface area contributed by atoms with Gasteiger partial charge in [0.15, 0.2) is 0 Å². The quantitative estimate of drug-likeness (QED) is 0.902. The molecule has 1 aliphatic rings. The Labute approximate surface area is 105 Å². The normalized spacial score (nSPS) is 17.5. The Kier molecular flexibility index (Phi) is 3.60. The predicted molar refractivity (Wildman–Crippen MR) is 67.0 cm³/mol. The second kappa shape index (κ2) is 4.83. The SMILES string of the molecule is C=CS(=O)(=O)NC(C)c1nc2c(o1)CCSC2. The van der Waals surface area contributed by atoms with E-state index >= 15 is 0 Å². The molecule has 1 aromatic rings. The molecule has 0 radical (unpaired) electrons. The van der Waals surface area contributed by atoms with Crippen LogP contribution in [-0.2, 0) is 22.2 Å². The Balaban J connectivity index is 2.17. The summed E-state index contributed by atoms with van der Waals surface area (Å²) in [5.41, 5.74) is 0.931. The van der Waals surface area contributed by atoms with Crippen LogP contribution in [0, 0.1) is 0 Å². The van der Waals surface area contributed by atoms with Gasteiger partial charge >= 0.3 is 0 Å². The lowest BCUT2D eigenvalue weighted by Gasteiger charge is -2.07. The minimum atomic E-state index is -3.46. The van der Waals surface area contributed by atoms with Crippen molar-refractivity contribution in [2.45, 2.75) is 25.1 Å². The van der Waals surface area contributed by atoms with Crippen LogP contribution >= 0.6 is 11.8 Å². The molecule has 0 spiro atoms. The second-order valence-corrected chi connectivity index (χ2v) is 6.54. The van der Waals surface area contributed by atoms with Crippen LogP contribution in [0.4, 0.5) is 0 Å². The van der Waals surface area contributed by atoms with Gasteiger partial charge in [-0.25, -0.2) is 13.4 Å². The van der Waals surface area contributed by atoms with Gasteiger partial charge in [0.25, 0.3) is 0 Å². The summed E-state index contributed by atoms with van der Waals surface area (Å²) in [4.78, 5) is 4.32. The molecular weight excluding hydrogens is 260 g/mol. The van der Waals surface area contributed by atoms with E-state index in [4.69, 9.17) is 4.42 Å². The Morgan fingerprint density at radius 1 is 1.65 bits per heavy atom. The van der Waals surface area contributed by atoms with Gasteiger partial charge in [-0.2, -0.15) is 16.5 Å². The summed E-state index contributed by atoms with van der Waals surface area (Å²) in [5, 5.41) is 0.877. The topological polar surface area (TPSA) is 72.2 Å². The van der Waals surface area contributed by atoms with Gasteiger partial charge < -0.3 is 4.42 Å². The monoisotopic (exact) mass is 274 g/mol. The van der Waals surface area contributed by atoms with E-state index in [1.165, 1.54) is 0 Å². The molecule has 0 bridgehead atoms. The predicted octanol–water partition coefficient (Wildman–Crippen LogP) is 1.59. The molecule has 0 fully saturated rings. The average molecular weight is 274 g/mol. The van der Waals surface area contributed by atoms with Gasteiger partial charge in [-0.15, -0.1) is 0 Å². The van der Waals surface area contributed by atoms with Crippen LogP contribution in [0.5, 0.6) is 0 Å². The molecule has 0 aromatic carbocycles. The number of sulfonamides is 1. The maximum absolute atomic E-state index is 11.3. The molecule has 1 N–H and O–H groups in total. The highest BCUT2D eigenvalue weighted by molar-refractivity contribution is 7.98. The van der Waals surface area contributed by atoms with Crippen LogP contribution in [0.3, 0.4) is 0 Å². The first-order valence-electron chi connectivity index (χ1n) is 5.23. The Morgan fingerprint density at radius 2 is 2.41 bits per heavy atom. The van der Waals surface area contributed by atoms with E-state index in [1.54, 1.807) is 18.7 Å². The number of aromatic nitrogens is 1. The number of hydrogen-bond acceptors (Lipinski definition) is 5. The van der Waals surface area contributed by atoms with Gasteiger partial charge in [-0.1, -0.05) is 6.58 Å². The molecule has 0 saturated carbocycles. The number of fused-ring (bicyclic) bond motifs is 1. The summed E-state index contributed by atoms with van der Waals surface area (Å²) in [6.45, 7) is 4.94. The van der Waals surface area contributed by atoms with Gasteiger partial charge in [0, 0.05) is 23.3 Å². The third kappa shape index (κ3) is 2.91. The van der Waals surface area contributed by atoms with Crippen LogP contribution in [0.25, 0.3) is 0 Å². The zero-order valence-electron chi connectivity index (χ0n) is 9.47. The van der Waals surface area contributed by atoms with Crippen LogP contribution in [0.15, 0.2) is 16.4 Å². The largest absolute Gasteiger partial charge is 0.444 e. The lowest BCUT2D eigenvalue weighted by molar-refractivity contribution is 0.420. The highest BCUT2D eigenvalue weighted by atomic mass is 32.2. The second-order valence-electron chi connectivity index (χ2n) is 3.78. The molecule has 5 nitrogen and oxygen atoms in total. The third-order valence-electron chi connectivity index (χ3n) is 2.44. The number of nitrogens with zero attached hydrogens (tertiary/aromatic N) is 1. The highest BCUT2D eigenvalue weighted by Crippen LogP contribution is 2.27. The third-order valence-corrected chi connectivity index (χ3v) is 4.53. The molecule has 0 amide bonds. The smallest absolute Gasteiger partial charge is 0.233 e. The average Bonchev–Trinajstić information content (AvgIpc) is 2.72. The minimum Gasteiger partial charge on any atom is -0.444 e. The van der Waals surface area contributed by atoms with E-state index in [0.717, 1.165) is 34.8 Å². The van der Waals surface area contributed by atoms with Gasteiger partial charge in [0.2, 0.25) is 15.9 Å². The lowest BCUT2D eigenvalue weighted by Crippen LogP contribution is -2.24. The van der Waals surface area contributed by atoms with Crippen LogP contribution < -0.4 is 4.72 Å². The van der Waals surface area contributed by atoms with Crippen molar-refractivity contribution in [3.05, 3.63) is 29.3 Å². The Hall–Kier alpha value is -0.790. The number of aryl methyl sites for hydroxylation is 1. The Morgan fingerprint density at radius 3 is 3.06 bits per heavy atom. The first-order valence-corrected chi connectivity index (χ1v) is 7.93. The van der Waals surface area contributed by atoms with Crippen molar-refractivity contribution in [1.29, 1.82) is 0 Å². The maximum Gasteiger partial charge on any atom is 0.233 e. The summed E-state index contributed by atoms with van der Waals surface area (Å²) in [6.07, 6.45) is 0.855. The standard InChI is InChI=1S/C10H14N2O3S2/c1-3-17(13,14)12-7(2)10-11-8-6-16-5-4-9(8)15-10/h3,7,12H,1,4-6H2,2H3. The highest BCUT2D eigenvalue weighted by Gasteiger charge is 2.22. The van der Waals surface area contributed by atoms with Crippen molar-refractivity contribution >= 4 is 21.8 Å². The van der Waals surface area contributed by atoms with Crippen LogP contribution in [0.1, 0.15) is 30.3 Å². The van der Waals surface area contributed by atoms with Crippen LogP contribution in [-0.4, -0.2) is 19.2 Å². The van der Waals surface area contributed by atoms with Crippen molar-refractivity contribution in [2.24, 2.45) is 0 Å². The zero-order valence-corrected chi connectivity index (χ0v) is 11.1. The fourth-order valence-electron chi connectivity index (χ4n) is 1.58. The number of nitrogens with one attached hydrogen (secondary N) is 1. The molecule has 2 heterocycles. The van der Waals surface area contributed by atoms with Gasteiger partial charge in [0.1, 0.15) is 5.76 Å². The van der Waals surface area contributed by atoms with E-state index in [9.17, 15) is 8.42 Å². The summed E-state index contributed by atoms with van der Waals surface area (Å²) in [5.74, 6) is 3.15. The van der Waals surface area contributed by atoms with Crippen molar-refractivity contribution in [3.63, 3.8) is 0 Å². The van der Waals surface area contributed by atoms with Crippen molar-refractivity contribution in [3.8, 4) is 0 Å². The zero-order chi connectivity index (χ0) is 12.5.